The number of rotatable bonds is 5. The number of nitrogen functional groups attached to an aromatic ring is 1. The van der Waals surface area contributed by atoms with Gasteiger partial charge in [0, 0.05) is 27.9 Å². The van der Waals surface area contributed by atoms with Crippen molar-refractivity contribution in [2.45, 2.75) is 20.8 Å². The molecule has 0 aliphatic heterocycles. The molecule has 8 rings (SSSR count). The van der Waals surface area contributed by atoms with Crippen LogP contribution in [0, 0.1) is 20.8 Å². The van der Waals surface area contributed by atoms with E-state index in [1.807, 2.05) is 0 Å². The lowest BCUT2D eigenvalue weighted by Gasteiger charge is -2.31. The summed E-state index contributed by atoms with van der Waals surface area (Å²) in [6, 6.07) is 50.7. The van der Waals surface area contributed by atoms with Gasteiger partial charge in [0.15, 0.2) is 0 Å². The first-order valence-electron chi connectivity index (χ1n) is 15.6. The molecule has 8 aromatic carbocycles. The van der Waals surface area contributed by atoms with Crippen LogP contribution in [0.5, 0.6) is 0 Å². The Labute approximate surface area is 264 Å². The molecule has 0 amide bonds. The molecule has 0 saturated heterocycles. The fraction of sp³-hybridized carbons (Fsp3) is 0.0698. The van der Waals surface area contributed by atoms with E-state index in [0.29, 0.717) is 0 Å². The summed E-state index contributed by atoms with van der Waals surface area (Å²) in [4.78, 5) is 2.40. The smallest absolute Gasteiger partial charge is 0.0561 e. The highest BCUT2D eigenvalue weighted by Gasteiger charge is 2.24. The van der Waals surface area contributed by atoms with Crippen molar-refractivity contribution < 1.29 is 0 Å². The molecule has 45 heavy (non-hydrogen) atoms. The summed E-state index contributed by atoms with van der Waals surface area (Å²) in [6.07, 6.45) is 0. The standard InChI is InChI=1S/C43H34N2/c1-27-7-13-30(14-8-27)36-24-26-39(42(43(36)44)34-15-9-28(2)10-16-34)45(35-21-11-29(3)12-22-35)38-25-20-33-18-17-31-5-4-6-32-19-23-37(38)41(33)40(31)32/h4-26H,44H2,1-3H3. The van der Waals surface area contributed by atoms with Gasteiger partial charge in [0.05, 0.1) is 11.4 Å². The molecule has 0 saturated carbocycles. The summed E-state index contributed by atoms with van der Waals surface area (Å²) in [5.74, 6) is 0. The molecule has 0 fully saturated rings. The van der Waals surface area contributed by atoms with Gasteiger partial charge < -0.3 is 10.6 Å². The summed E-state index contributed by atoms with van der Waals surface area (Å²) < 4.78 is 0. The Hall–Kier alpha value is -5.60. The molecule has 0 aromatic heterocycles. The third kappa shape index (κ3) is 4.49. The highest BCUT2D eigenvalue weighted by molar-refractivity contribution is 6.26. The van der Waals surface area contributed by atoms with Crippen molar-refractivity contribution in [1.82, 2.24) is 0 Å². The topological polar surface area (TPSA) is 29.3 Å². The summed E-state index contributed by atoms with van der Waals surface area (Å²) in [6.45, 7) is 6.38. The zero-order chi connectivity index (χ0) is 30.7. The number of nitrogens with zero attached hydrogens (tertiary/aromatic N) is 1. The molecule has 0 atom stereocenters. The normalized spacial score (nSPS) is 11.5. The van der Waals surface area contributed by atoms with Crippen molar-refractivity contribution in [1.29, 1.82) is 0 Å². The second kappa shape index (κ2) is 10.5. The Morgan fingerprint density at radius 2 is 0.956 bits per heavy atom. The average Bonchev–Trinajstić information content (AvgIpc) is 3.06. The largest absolute Gasteiger partial charge is 0.398 e. The van der Waals surface area contributed by atoms with Gasteiger partial charge in [-0.1, -0.05) is 132 Å². The van der Waals surface area contributed by atoms with E-state index in [-0.39, 0.29) is 0 Å². The third-order valence-electron chi connectivity index (χ3n) is 9.21. The van der Waals surface area contributed by atoms with E-state index in [9.17, 15) is 0 Å². The van der Waals surface area contributed by atoms with Crippen LogP contribution < -0.4 is 10.6 Å². The minimum Gasteiger partial charge on any atom is -0.398 e. The SMILES string of the molecule is Cc1ccc(-c2ccc(N(c3ccc(C)cc3)c3ccc4ccc5cccc6ccc3c4c56)c(-c3ccc(C)cc3)c2N)cc1. The quantitative estimate of drug-likeness (QED) is 0.163. The number of hydrogen-bond acceptors (Lipinski definition) is 2. The van der Waals surface area contributed by atoms with Crippen molar-refractivity contribution in [2.75, 3.05) is 10.6 Å². The maximum Gasteiger partial charge on any atom is 0.0561 e. The van der Waals surface area contributed by atoms with Crippen molar-refractivity contribution in [3.8, 4) is 22.3 Å². The van der Waals surface area contributed by atoms with E-state index in [1.165, 1.54) is 49.0 Å². The first kappa shape index (κ1) is 27.0. The molecule has 0 spiro atoms. The molecule has 8 aromatic rings. The Balaban J connectivity index is 1.46. The highest BCUT2D eigenvalue weighted by atomic mass is 15.1. The number of anilines is 4. The molecule has 216 valence electrons. The molecule has 0 heterocycles. The molecule has 2 nitrogen and oxygen atoms in total. The first-order valence-corrected chi connectivity index (χ1v) is 15.6. The molecule has 0 bridgehead atoms. The zero-order valence-corrected chi connectivity index (χ0v) is 25.8. The minimum absolute atomic E-state index is 0.773. The molecule has 0 unspecified atom stereocenters. The van der Waals surface area contributed by atoms with Crippen LogP contribution in [0.3, 0.4) is 0 Å². The van der Waals surface area contributed by atoms with Gasteiger partial charge in [-0.05, 0) is 83.1 Å². The number of hydrogen-bond donors (Lipinski definition) is 1. The van der Waals surface area contributed by atoms with Gasteiger partial charge in [-0.25, -0.2) is 0 Å². The van der Waals surface area contributed by atoms with Crippen molar-refractivity contribution in [3.05, 3.63) is 156 Å². The van der Waals surface area contributed by atoms with Crippen molar-refractivity contribution >= 4 is 55.1 Å². The number of aryl methyl sites for hydroxylation is 3. The second-order valence-electron chi connectivity index (χ2n) is 12.3. The van der Waals surface area contributed by atoms with Gasteiger partial charge >= 0.3 is 0 Å². The van der Waals surface area contributed by atoms with E-state index in [2.05, 4.69) is 165 Å². The molecular formula is C43H34N2. The van der Waals surface area contributed by atoms with Crippen LogP contribution in [-0.4, -0.2) is 0 Å². The van der Waals surface area contributed by atoms with Crippen LogP contribution in [0.2, 0.25) is 0 Å². The van der Waals surface area contributed by atoms with E-state index < -0.39 is 0 Å². The van der Waals surface area contributed by atoms with Crippen molar-refractivity contribution in [3.63, 3.8) is 0 Å². The molecule has 0 aliphatic rings. The van der Waals surface area contributed by atoms with Gasteiger partial charge in [-0.2, -0.15) is 0 Å². The van der Waals surface area contributed by atoms with Crippen LogP contribution in [0.25, 0.3) is 54.6 Å². The zero-order valence-electron chi connectivity index (χ0n) is 25.8. The summed E-state index contributed by atoms with van der Waals surface area (Å²) in [5, 5.41) is 7.59. The Morgan fingerprint density at radius 1 is 0.444 bits per heavy atom. The van der Waals surface area contributed by atoms with Crippen molar-refractivity contribution in [2.24, 2.45) is 0 Å². The van der Waals surface area contributed by atoms with Gasteiger partial charge in [-0.15, -0.1) is 0 Å². The van der Waals surface area contributed by atoms with E-state index in [0.717, 1.165) is 45.0 Å². The van der Waals surface area contributed by atoms with E-state index >= 15 is 0 Å². The highest BCUT2D eigenvalue weighted by Crippen LogP contribution is 2.49. The molecule has 2 N–H and O–H groups in total. The molecule has 0 radical (unpaired) electrons. The Morgan fingerprint density at radius 3 is 1.60 bits per heavy atom. The minimum atomic E-state index is 0.773. The van der Waals surface area contributed by atoms with Gasteiger partial charge in [0.2, 0.25) is 0 Å². The fourth-order valence-electron chi connectivity index (χ4n) is 6.82. The average molecular weight is 579 g/mol. The third-order valence-corrected chi connectivity index (χ3v) is 9.21. The van der Waals surface area contributed by atoms with Gasteiger partial charge in [0.25, 0.3) is 0 Å². The molecule has 2 heteroatoms. The molecular weight excluding hydrogens is 544 g/mol. The first-order chi connectivity index (χ1) is 22.0. The predicted octanol–water partition coefficient (Wildman–Crippen LogP) is 11.9. The summed E-state index contributed by atoms with van der Waals surface area (Å²) in [5.41, 5.74) is 19.2. The Bertz CT molecular complexity index is 2310. The fourth-order valence-corrected chi connectivity index (χ4v) is 6.82. The van der Waals surface area contributed by atoms with Gasteiger partial charge in [-0.3, -0.25) is 0 Å². The summed E-state index contributed by atoms with van der Waals surface area (Å²) in [7, 11) is 0. The maximum atomic E-state index is 7.25. The number of benzene rings is 8. The monoisotopic (exact) mass is 578 g/mol. The second-order valence-corrected chi connectivity index (χ2v) is 12.3. The van der Waals surface area contributed by atoms with Crippen LogP contribution in [0.4, 0.5) is 22.7 Å². The van der Waals surface area contributed by atoms with E-state index in [4.69, 9.17) is 5.73 Å². The Kier molecular flexibility index (Phi) is 6.32. The predicted molar refractivity (Wildman–Crippen MR) is 194 cm³/mol. The molecule has 0 aliphatic carbocycles. The van der Waals surface area contributed by atoms with Crippen LogP contribution in [0.15, 0.2) is 140 Å². The van der Waals surface area contributed by atoms with Gasteiger partial charge in [0.1, 0.15) is 0 Å². The lowest BCUT2D eigenvalue weighted by Crippen LogP contribution is -2.13. The lowest BCUT2D eigenvalue weighted by molar-refractivity contribution is 1.29. The van der Waals surface area contributed by atoms with Crippen LogP contribution in [-0.2, 0) is 0 Å². The van der Waals surface area contributed by atoms with Crippen LogP contribution in [0.1, 0.15) is 16.7 Å². The summed E-state index contributed by atoms with van der Waals surface area (Å²) >= 11 is 0. The van der Waals surface area contributed by atoms with Crippen LogP contribution >= 0.6 is 0 Å². The van der Waals surface area contributed by atoms with E-state index in [1.54, 1.807) is 0 Å². The lowest BCUT2D eigenvalue weighted by atomic mass is 9.91. The number of nitrogens with two attached hydrogens (primary N) is 1. The maximum absolute atomic E-state index is 7.25.